The van der Waals surface area contributed by atoms with E-state index in [1.165, 1.54) is 18.6 Å². The van der Waals surface area contributed by atoms with Gasteiger partial charge in [0.2, 0.25) is 0 Å². The van der Waals surface area contributed by atoms with E-state index < -0.39 is 23.6 Å². The Morgan fingerprint density at radius 2 is 2.07 bits per heavy atom. The second-order valence-corrected chi connectivity index (χ2v) is 6.55. The van der Waals surface area contributed by atoms with Gasteiger partial charge in [0.05, 0.1) is 18.2 Å². The van der Waals surface area contributed by atoms with Crippen LogP contribution in [-0.4, -0.2) is 38.5 Å². The van der Waals surface area contributed by atoms with Crippen LogP contribution < -0.4 is 5.56 Å². The number of nitrogens with one attached hydrogen (secondary N) is 1. The lowest BCUT2D eigenvalue weighted by Crippen LogP contribution is -2.17. The molecule has 0 aromatic carbocycles. The zero-order valence-corrected chi connectivity index (χ0v) is 15.6. The number of esters is 2. The number of aromatic nitrogens is 4. The fourth-order valence-electron chi connectivity index (χ4n) is 2.43. The number of nitrogens with zero attached hydrogens (tertiary/aromatic N) is 3. The number of aromatic amines is 1. The maximum atomic E-state index is 12.5. The van der Waals surface area contributed by atoms with Crippen LogP contribution in [0.15, 0.2) is 23.4 Å². The molecule has 0 aliphatic carbocycles. The molecule has 1 atom stereocenters. The normalized spacial score (nSPS) is 12.0. The van der Waals surface area contributed by atoms with Gasteiger partial charge >= 0.3 is 11.9 Å². The van der Waals surface area contributed by atoms with Crippen LogP contribution in [0, 0.1) is 6.92 Å². The predicted octanol–water partition coefficient (Wildman–Crippen LogP) is 2.18. The smallest absolute Gasteiger partial charge is 0.359 e. The lowest BCUT2D eigenvalue weighted by atomic mass is 10.2. The van der Waals surface area contributed by atoms with E-state index in [1.54, 1.807) is 20.8 Å². The second kappa shape index (κ2) is 7.62. The average molecular weight is 388 g/mol. The molecule has 0 fully saturated rings. The molecule has 27 heavy (non-hydrogen) atoms. The standard InChI is InChI=1S/C17H16N4O5S/c1-4-25-17(24)12-8(2)11-14(22)20-13(21-15(11)27-12)9(3)26-16(23)10-7-18-5-6-19-10/h5-7,9H,4H2,1-3H3,(H,20,21,22)/t9-/m1/s1. The molecule has 0 spiro atoms. The van der Waals surface area contributed by atoms with Crippen LogP contribution in [0.1, 0.15) is 51.5 Å². The molecule has 10 heteroatoms. The Morgan fingerprint density at radius 1 is 1.30 bits per heavy atom. The first kappa shape index (κ1) is 18.6. The third-order valence-corrected chi connectivity index (χ3v) is 4.89. The average Bonchev–Trinajstić information content (AvgIpc) is 2.99. The summed E-state index contributed by atoms with van der Waals surface area (Å²) < 4.78 is 10.3. The molecule has 3 aromatic heterocycles. The van der Waals surface area contributed by atoms with Crippen LogP contribution in [0.3, 0.4) is 0 Å². The van der Waals surface area contributed by atoms with E-state index in [2.05, 4.69) is 19.9 Å². The van der Waals surface area contributed by atoms with Gasteiger partial charge in [-0.05, 0) is 26.3 Å². The molecule has 3 rings (SSSR count). The highest BCUT2D eigenvalue weighted by molar-refractivity contribution is 7.20. The Bertz CT molecular complexity index is 1060. The molecule has 0 amide bonds. The van der Waals surface area contributed by atoms with Crippen molar-refractivity contribution in [2.45, 2.75) is 26.9 Å². The van der Waals surface area contributed by atoms with Crippen molar-refractivity contribution in [1.29, 1.82) is 0 Å². The Kier molecular flexibility index (Phi) is 5.26. The van der Waals surface area contributed by atoms with Gasteiger partial charge in [-0.3, -0.25) is 9.78 Å². The van der Waals surface area contributed by atoms with Crippen molar-refractivity contribution in [2.75, 3.05) is 6.61 Å². The Hall–Kier alpha value is -3.14. The zero-order valence-electron chi connectivity index (χ0n) is 14.8. The van der Waals surface area contributed by atoms with E-state index in [4.69, 9.17) is 9.47 Å². The number of H-pyrrole nitrogens is 1. The first-order valence-electron chi connectivity index (χ1n) is 8.09. The summed E-state index contributed by atoms with van der Waals surface area (Å²) in [6.07, 6.45) is 3.26. The van der Waals surface area contributed by atoms with Crippen molar-refractivity contribution >= 4 is 33.5 Å². The molecular formula is C17H16N4O5S. The van der Waals surface area contributed by atoms with Gasteiger partial charge in [0.25, 0.3) is 5.56 Å². The number of aryl methyl sites for hydroxylation is 1. The van der Waals surface area contributed by atoms with Crippen LogP contribution in [0.4, 0.5) is 0 Å². The van der Waals surface area contributed by atoms with Crippen LogP contribution in [0.5, 0.6) is 0 Å². The molecule has 1 N–H and O–H groups in total. The van der Waals surface area contributed by atoms with E-state index in [0.29, 0.717) is 20.7 Å². The van der Waals surface area contributed by atoms with Gasteiger partial charge < -0.3 is 14.5 Å². The summed E-state index contributed by atoms with van der Waals surface area (Å²) in [6.45, 7) is 5.18. The number of fused-ring (bicyclic) bond motifs is 1. The maximum absolute atomic E-state index is 12.5. The highest BCUT2D eigenvalue weighted by Crippen LogP contribution is 2.28. The molecule has 9 nitrogen and oxygen atoms in total. The van der Waals surface area contributed by atoms with Gasteiger partial charge in [-0.25, -0.2) is 19.6 Å². The molecule has 0 radical (unpaired) electrons. The Balaban J connectivity index is 1.92. The van der Waals surface area contributed by atoms with E-state index in [1.807, 2.05) is 0 Å². The highest BCUT2D eigenvalue weighted by atomic mass is 32.1. The largest absolute Gasteiger partial charge is 0.462 e. The van der Waals surface area contributed by atoms with E-state index >= 15 is 0 Å². The number of carbonyl (C=O) groups is 2. The number of thiophene rings is 1. The lowest BCUT2D eigenvalue weighted by molar-refractivity contribution is 0.0312. The van der Waals surface area contributed by atoms with Gasteiger partial charge in [0.1, 0.15) is 9.71 Å². The molecule has 3 heterocycles. The first-order chi connectivity index (χ1) is 12.9. The third kappa shape index (κ3) is 3.70. The fraction of sp³-hybridized carbons (Fsp3) is 0.294. The van der Waals surface area contributed by atoms with Crippen LogP contribution in [-0.2, 0) is 9.47 Å². The summed E-state index contributed by atoms with van der Waals surface area (Å²) in [4.78, 5) is 51.9. The van der Waals surface area contributed by atoms with E-state index in [9.17, 15) is 14.4 Å². The Labute approximate surface area is 157 Å². The minimum atomic E-state index is -0.829. The summed E-state index contributed by atoms with van der Waals surface area (Å²) in [5.74, 6) is -1.02. The fourth-order valence-corrected chi connectivity index (χ4v) is 3.51. The number of rotatable bonds is 5. The van der Waals surface area contributed by atoms with Crippen molar-refractivity contribution in [3.8, 4) is 0 Å². The van der Waals surface area contributed by atoms with Crippen molar-refractivity contribution in [2.24, 2.45) is 0 Å². The van der Waals surface area contributed by atoms with Gasteiger partial charge in [0.15, 0.2) is 17.6 Å². The highest BCUT2D eigenvalue weighted by Gasteiger charge is 2.23. The predicted molar refractivity (Wildman–Crippen MR) is 96.8 cm³/mol. The summed E-state index contributed by atoms with van der Waals surface area (Å²) >= 11 is 1.06. The maximum Gasteiger partial charge on any atom is 0.359 e. The van der Waals surface area contributed by atoms with E-state index in [0.717, 1.165) is 11.3 Å². The zero-order chi connectivity index (χ0) is 19.6. The van der Waals surface area contributed by atoms with Gasteiger partial charge in [-0.15, -0.1) is 11.3 Å². The van der Waals surface area contributed by atoms with Gasteiger partial charge in [-0.1, -0.05) is 0 Å². The SMILES string of the molecule is CCOC(=O)c1sc2nc([C@@H](C)OC(=O)c3cnccn3)[nH]c(=O)c2c1C. The number of ether oxygens (including phenoxy) is 2. The third-order valence-electron chi connectivity index (χ3n) is 3.72. The van der Waals surface area contributed by atoms with Crippen molar-refractivity contribution in [3.05, 3.63) is 50.9 Å². The molecule has 0 aliphatic rings. The van der Waals surface area contributed by atoms with Gasteiger partial charge in [0, 0.05) is 12.4 Å². The second-order valence-electron chi connectivity index (χ2n) is 5.55. The molecule has 3 aromatic rings. The molecule has 0 saturated carbocycles. The summed E-state index contributed by atoms with van der Waals surface area (Å²) in [5, 5.41) is 0.319. The summed E-state index contributed by atoms with van der Waals surface area (Å²) in [7, 11) is 0. The van der Waals surface area contributed by atoms with Crippen LogP contribution in [0.2, 0.25) is 0 Å². The molecule has 0 unspecified atom stereocenters. The number of hydrogen-bond donors (Lipinski definition) is 1. The topological polar surface area (TPSA) is 124 Å². The molecule has 0 aliphatic heterocycles. The summed E-state index contributed by atoms with van der Waals surface area (Å²) in [5.41, 5.74) is 0.143. The first-order valence-corrected chi connectivity index (χ1v) is 8.91. The number of carbonyl (C=O) groups excluding carboxylic acids is 2. The molecule has 0 bridgehead atoms. The Morgan fingerprint density at radius 3 is 2.74 bits per heavy atom. The van der Waals surface area contributed by atoms with Gasteiger partial charge in [-0.2, -0.15) is 0 Å². The summed E-state index contributed by atoms with van der Waals surface area (Å²) in [6, 6.07) is 0. The van der Waals surface area contributed by atoms with Crippen LogP contribution in [0.25, 0.3) is 10.2 Å². The van der Waals surface area contributed by atoms with Crippen LogP contribution >= 0.6 is 11.3 Å². The molecular weight excluding hydrogens is 372 g/mol. The number of hydrogen-bond acceptors (Lipinski definition) is 9. The monoisotopic (exact) mass is 388 g/mol. The van der Waals surface area contributed by atoms with Crippen molar-refractivity contribution in [1.82, 2.24) is 19.9 Å². The minimum absolute atomic E-state index is 0.0457. The van der Waals surface area contributed by atoms with Crippen molar-refractivity contribution < 1.29 is 19.1 Å². The quantitative estimate of drug-likeness (QED) is 0.660. The van der Waals surface area contributed by atoms with Crippen molar-refractivity contribution in [3.63, 3.8) is 0 Å². The molecule has 140 valence electrons. The molecule has 0 saturated heterocycles. The lowest BCUT2D eigenvalue weighted by Gasteiger charge is -2.11. The minimum Gasteiger partial charge on any atom is -0.462 e. The van der Waals surface area contributed by atoms with E-state index in [-0.39, 0.29) is 18.1 Å².